The normalized spacial score (nSPS) is 14.8. The molecule has 1 aliphatic heterocycles. The maximum absolute atomic E-state index is 13.2. The summed E-state index contributed by atoms with van der Waals surface area (Å²) in [6.07, 6.45) is 11.8. The lowest BCUT2D eigenvalue weighted by Crippen LogP contribution is -2.40. The standard InChI is InChI=1S/C39H49N7O6/c1-39(2,3)52-38(49)43-37(48)50-25-14-9-7-5-4-6-8-13-19-32(47)45-24-15-16-29(26-45)46-36-33(35(40)41-27-42-36)34(44-46)28-20-22-31(23-21-28)51-30-17-11-10-12-18-30/h10-13,17-23,27,29H,4-9,14-16,24-26H2,1-3H3,(H2,40,41,42)(H,43,48,49)/b19-13+/t29-/m1/s1. The third kappa shape index (κ3) is 11.0. The van der Waals surface area contributed by atoms with Crippen LogP contribution in [0.5, 0.6) is 11.5 Å². The lowest BCUT2D eigenvalue weighted by atomic mass is 10.1. The molecule has 3 N–H and O–H groups in total. The summed E-state index contributed by atoms with van der Waals surface area (Å²) in [5.41, 5.74) is 7.90. The Bertz CT molecular complexity index is 1820. The van der Waals surface area contributed by atoms with Crippen LogP contribution in [-0.2, 0) is 14.3 Å². The molecule has 1 saturated heterocycles. The van der Waals surface area contributed by atoms with E-state index in [2.05, 4.69) is 15.3 Å². The number of nitrogens with two attached hydrogens (primary N) is 1. The van der Waals surface area contributed by atoms with E-state index in [1.807, 2.05) is 70.3 Å². The van der Waals surface area contributed by atoms with Crippen LogP contribution in [0, 0.1) is 0 Å². The Hall–Kier alpha value is -5.46. The van der Waals surface area contributed by atoms with Crippen LogP contribution in [0.25, 0.3) is 22.3 Å². The SMILES string of the molecule is CC(C)(C)OC(=O)NC(=O)OCCCCCCCC/C=C/C(=O)N1CCC[C@@H](n2nc(-c3ccc(Oc4ccccc4)cc3)c3c(N)ncnc32)C1. The van der Waals surface area contributed by atoms with E-state index in [1.165, 1.54) is 6.33 Å². The van der Waals surface area contributed by atoms with Crippen molar-refractivity contribution in [2.75, 3.05) is 25.4 Å². The Balaban J connectivity index is 1.05. The molecule has 13 nitrogen and oxygen atoms in total. The molecule has 0 spiro atoms. The van der Waals surface area contributed by atoms with E-state index in [0.29, 0.717) is 41.4 Å². The van der Waals surface area contributed by atoms with Gasteiger partial charge < -0.3 is 24.8 Å². The molecule has 3 amide bonds. The molecule has 0 radical (unpaired) electrons. The molecule has 13 heteroatoms. The molecular formula is C39H49N7O6. The van der Waals surface area contributed by atoms with E-state index < -0.39 is 17.8 Å². The highest BCUT2D eigenvalue weighted by Gasteiger charge is 2.28. The highest BCUT2D eigenvalue weighted by molar-refractivity contribution is 5.98. The number of para-hydroxylation sites is 1. The van der Waals surface area contributed by atoms with E-state index in [-0.39, 0.29) is 18.6 Å². The van der Waals surface area contributed by atoms with Crippen molar-refractivity contribution in [2.45, 2.75) is 90.2 Å². The summed E-state index contributed by atoms with van der Waals surface area (Å²) in [7, 11) is 0. The molecule has 3 heterocycles. The first kappa shape index (κ1) is 37.8. The molecule has 52 heavy (non-hydrogen) atoms. The molecule has 1 atom stereocenters. The number of benzene rings is 2. The minimum Gasteiger partial charge on any atom is -0.457 e. The highest BCUT2D eigenvalue weighted by atomic mass is 16.6. The smallest absolute Gasteiger partial charge is 0.417 e. The zero-order valence-electron chi connectivity index (χ0n) is 30.3. The molecule has 0 bridgehead atoms. The number of fused-ring (bicyclic) bond motifs is 1. The maximum Gasteiger partial charge on any atom is 0.417 e. The highest BCUT2D eigenvalue weighted by Crippen LogP contribution is 2.35. The van der Waals surface area contributed by atoms with Gasteiger partial charge in [-0.2, -0.15) is 5.10 Å². The number of carbonyl (C=O) groups excluding carboxylic acids is 3. The number of hydrogen-bond donors (Lipinski definition) is 2. The second kappa shape index (κ2) is 18.2. The number of imide groups is 1. The third-order valence-electron chi connectivity index (χ3n) is 8.54. The van der Waals surface area contributed by atoms with Gasteiger partial charge in [-0.3, -0.25) is 4.79 Å². The molecule has 5 rings (SSSR count). The second-order valence-corrected chi connectivity index (χ2v) is 13.8. The van der Waals surface area contributed by atoms with Crippen LogP contribution in [0.1, 0.15) is 84.6 Å². The van der Waals surface area contributed by atoms with E-state index in [1.54, 1.807) is 26.8 Å². The van der Waals surface area contributed by atoms with Crippen LogP contribution in [-0.4, -0.2) is 68.0 Å². The van der Waals surface area contributed by atoms with Crippen LogP contribution in [0.15, 0.2) is 73.1 Å². The number of likely N-dealkylation sites (tertiary alicyclic amines) is 1. The Labute approximate surface area is 304 Å². The van der Waals surface area contributed by atoms with Gasteiger partial charge >= 0.3 is 12.2 Å². The van der Waals surface area contributed by atoms with Gasteiger partial charge in [-0.1, -0.05) is 50.0 Å². The van der Waals surface area contributed by atoms with Crippen molar-refractivity contribution in [1.29, 1.82) is 0 Å². The molecule has 0 aliphatic carbocycles. The summed E-state index contributed by atoms with van der Waals surface area (Å²) in [4.78, 5) is 47.1. The number of amides is 3. The van der Waals surface area contributed by atoms with Gasteiger partial charge in [-0.25, -0.2) is 29.6 Å². The van der Waals surface area contributed by atoms with E-state index in [4.69, 9.17) is 25.0 Å². The first-order valence-corrected chi connectivity index (χ1v) is 18.0. The van der Waals surface area contributed by atoms with Crippen LogP contribution >= 0.6 is 0 Å². The molecular weight excluding hydrogens is 662 g/mol. The van der Waals surface area contributed by atoms with E-state index >= 15 is 0 Å². The third-order valence-corrected chi connectivity index (χ3v) is 8.54. The van der Waals surface area contributed by atoms with Crippen LogP contribution in [0.3, 0.4) is 0 Å². The number of aromatic nitrogens is 4. The van der Waals surface area contributed by atoms with Gasteiger partial charge in [0.2, 0.25) is 5.91 Å². The lowest BCUT2D eigenvalue weighted by molar-refractivity contribution is -0.127. The Morgan fingerprint density at radius 1 is 0.923 bits per heavy atom. The van der Waals surface area contributed by atoms with Crippen LogP contribution in [0.4, 0.5) is 15.4 Å². The van der Waals surface area contributed by atoms with E-state index in [0.717, 1.165) is 69.1 Å². The molecule has 1 fully saturated rings. The van der Waals surface area contributed by atoms with Gasteiger partial charge in [0.15, 0.2) is 5.65 Å². The maximum atomic E-state index is 13.2. The number of ether oxygens (including phenoxy) is 3. The zero-order valence-corrected chi connectivity index (χ0v) is 30.3. The molecule has 2 aromatic carbocycles. The van der Waals surface area contributed by atoms with Crippen molar-refractivity contribution in [1.82, 2.24) is 30.0 Å². The van der Waals surface area contributed by atoms with Gasteiger partial charge in [0, 0.05) is 18.7 Å². The zero-order chi connectivity index (χ0) is 36.9. The molecule has 4 aromatic rings. The molecule has 0 saturated carbocycles. The lowest BCUT2D eigenvalue weighted by Gasteiger charge is -2.32. The van der Waals surface area contributed by atoms with Gasteiger partial charge in [0.25, 0.3) is 0 Å². The fourth-order valence-corrected chi connectivity index (χ4v) is 6.06. The topological polar surface area (TPSA) is 164 Å². The Morgan fingerprint density at radius 3 is 2.38 bits per heavy atom. The van der Waals surface area contributed by atoms with Crippen molar-refractivity contribution in [3.8, 4) is 22.8 Å². The Morgan fingerprint density at radius 2 is 1.63 bits per heavy atom. The fourth-order valence-electron chi connectivity index (χ4n) is 6.06. The van der Waals surface area contributed by atoms with E-state index in [9.17, 15) is 14.4 Å². The minimum atomic E-state index is -0.819. The quantitative estimate of drug-likeness (QED) is 0.0968. The number of anilines is 1. The summed E-state index contributed by atoms with van der Waals surface area (Å²) in [5.74, 6) is 1.83. The van der Waals surface area contributed by atoms with Crippen molar-refractivity contribution in [2.24, 2.45) is 0 Å². The van der Waals surface area contributed by atoms with Gasteiger partial charge in [0.1, 0.15) is 34.9 Å². The van der Waals surface area contributed by atoms with Crippen molar-refractivity contribution in [3.05, 3.63) is 73.1 Å². The molecule has 276 valence electrons. The van der Waals surface area contributed by atoms with Gasteiger partial charge in [-0.15, -0.1) is 0 Å². The minimum absolute atomic E-state index is 0.000218. The number of nitrogens with zero attached hydrogens (tertiary/aromatic N) is 5. The van der Waals surface area contributed by atoms with Gasteiger partial charge in [-0.05, 0) is 95.3 Å². The number of piperidine rings is 1. The summed E-state index contributed by atoms with van der Waals surface area (Å²) in [6.45, 7) is 6.62. The number of carbonyl (C=O) groups is 3. The van der Waals surface area contributed by atoms with Crippen molar-refractivity contribution >= 4 is 34.9 Å². The average molecular weight is 712 g/mol. The second-order valence-electron chi connectivity index (χ2n) is 13.8. The predicted octanol–water partition coefficient (Wildman–Crippen LogP) is 7.98. The van der Waals surface area contributed by atoms with Crippen molar-refractivity contribution in [3.63, 3.8) is 0 Å². The number of rotatable bonds is 14. The summed E-state index contributed by atoms with van der Waals surface area (Å²) >= 11 is 0. The number of alkyl carbamates (subject to hydrolysis) is 2. The number of nitrogen functional groups attached to an aromatic ring is 1. The summed E-state index contributed by atoms with van der Waals surface area (Å²) < 4.78 is 17.9. The Kier molecular flexibility index (Phi) is 13.2. The molecule has 2 aromatic heterocycles. The fraction of sp³-hybridized carbons (Fsp3) is 0.436. The van der Waals surface area contributed by atoms with Crippen molar-refractivity contribution < 1.29 is 28.6 Å². The number of allylic oxidation sites excluding steroid dienone is 1. The molecule has 0 unspecified atom stereocenters. The van der Waals surface area contributed by atoms with Crippen LogP contribution in [0.2, 0.25) is 0 Å². The van der Waals surface area contributed by atoms with Gasteiger partial charge in [0.05, 0.1) is 18.0 Å². The first-order valence-electron chi connectivity index (χ1n) is 18.0. The number of nitrogens with one attached hydrogen (secondary N) is 1. The monoisotopic (exact) mass is 711 g/mol. The first-order chi connectivity index (χ1) is 25.1. The predicted molar refractivity (Wildman–Crippen MR) is 199 cm³/mol. The summed E-state index contributed by atoms with van der Waals surface area (Å²) in [5, 5.41) is 7.75. The van der Waals surface area contributed by atoms with Crippen LogP contribution < -0.4 is 15.8 Å². The molecule has 1 aliphatic rings. The number of unbranched alkanes of at least 4 members (excludes halogenated alkanes) is 6. The average Bonchev–Trinajstić information content (AvgIpc) is 3.51. The summed E-state index contributed by atoms with van der Waals surface area (Å²) in [6, 6.07) is 17.3. The largest absolute Gasteiger partial charge is 0.457 e. The number of hydrogen-bond acceptors (Lipinski definition) is 10.